The number of nitrogens with zero attached hydrogens (tertiary/aromatic N) is 2. The Bertz CT molecular complexity index is 252. The van der Waals surface area contributed by atoms with E-state index in [0.29, 0.717) is 5.92 Å². The molecule has 3 heteroatoms. The van der Waals surface area contributed by atoms with Crippen molar-refractivity contribution in [2.24, 2.45) is 11.7 Å². The molecule has 0 aromatic carbocycles. The van der Waals surface area contributed by atoms with Crippen LogP contribution >= 0.6 is 0 Å². The van der Waals surface area contributed by atoms with Crippen molar-refractivity contribution >= 4 is 0 Å². The van der Waals surface area contributed by atoms with E-state index in [0.717, 1.165) is 18.8 Å². The highest BCUT2D eigenvalue weighted by molar-refractivity contribution is 5.06. The zero-order chi connectivity index (χ0) is 9.14. The maximum Gasteiger partial charge on any atom is 0.0596 e. The Hall–Kier alpha value is -0.830. The van der Waals surface area contributed by atoms with E-state index in [1.54, 1.807) is 0 Å². The lowest BCUT2D eigenvalue weighted by Crippen LogP contribution is -2.18. The van der Waals surface area contributed by atoms with Gasteiger partial charge in [0, 0.05) is 12.2 Å². The van der Waals surface area contributed by atoms with Gasteiger partial charge in [-0.15, -0.1) is 0 Å². The Morgan fingerprint density at radius 2 is 2.25 bits per heavy atom. The molecule has 1 atom stereocenters. The minimum absolute atomic E-state index is 0.503. The molecule has 0 aliphatic carbocycles. The first-order chi connectivity index (χ1) is 5.63. The minimum atomic E-state index is 0.503. The molecule has 0 saturated heterocycles. The maximum atomic E-state index is 5.54. The largest absolute Gasteiger partial charge is 0.330 e. The summed E-state index contributed by atoms with van der Waals surface area (Å²) < 4.78 is 2.02. The summed E-state index contributed by atoms with van der Waals surface area (Å²) in [5, 5.41) is 4.36. The fourth-order valence-electron chi connectivity index (χ4n) is 1.23. The third-order valence-corrected chi connectivity index (χ3v) is 1.99. The predicted octanol–water partition coefficient (Wildman–Crippen LogP) is 1.09. The SMILES string of the molecule is Cc1cc(C)n(C[C@@H](C)CN)n1. The van der Waals surface area contributed by atoms with Crippen molar-refractivity contribution in [3.05, 3.63) is 17.5 Å². The van der Waals surface area contributed by atoms with Gasteiger partial charge in [-0.2, -0.15) is 5.10 Å². The second-order valence-corrected chi connectivity index (χ2v) is 3.45. The Labute approximate surface area is 73.6 Å². The van der Waals surface area contributed by atoms with E-state index >= 15 is 0 Å². The average molecular weight is 167 g/mol. The van der Waals surface area contributed by atoms with Gasteiger partial charge in [0.15, 0.2) is 0 Å². The molecule has 0 saturated carbocycles. The van der Waals surface area contributed by atoms with Crippen LogP contribution in [0.1, 0.15) is 18.3 Å². The van der Waals surface area contributed by atoms with Gasteiger partial charge in [0.1, 0.15) is 0 Å². The fourth-order valence-corrected chi connectivity index (χ4v) is 1.23. The summed E-state index contributed by atoms with van der Waals surface area (Å²) >= 11 is 0. The van der Waals surface area contributed by atoms with Crippen LogP contribution in [0.3, 0.4) is 0 Å². The molecule has 1 aromatic heterocycles. The van der Waals surface area contributed by atoms with Gasteiger partial charge >= 0.3 is 0 Å². The van der Waals surface area contributed by atoms with Crippen LogP contribution in [0.4, 0.5) is 0 Å². The Morgan fingerprint density at radius 3 is 2.67 bits per heavy atom. The number of hydrogen-bond donors (Lipinski definition) is 1. The highest BCUT2D eigenvalue weighted by Crippen LogP contribution is 2.04. The highest BCUT2D eigenvalue weighted by Gasteiger charge is 2.04. The van der Waals surface area contributed by atoms with Crippen molar-refractivity contribution in [1.29, 1.82) is 0 Å². The molecular weight excluding hydrogens is 150 g/mol. The lowest BCUT2D eigenvalue weighted by atomic mass is 10.2. The molecule has 0 aliphatic rings. The molecule has 1 aromatic rings. The number of aromatic nitrogens is 2. The first-order valence-corrected chi connectivity index (χ1v) is 4.34. The van der Waals surface area contributed by atoms with Crippen molar-refractivity contribution in [1.82, 2.24) is 9.78 Å². The molecule has 0 fully saturated rings. The maximum absolute atomic E-state index is 5.54. The standard InChI is InChI=1S/C9H17N3/c1-7(5-10)6-12-9(3)4-8(2)11-12/h4,7H,5-6,10H2,1-3H3/t7-/m0/s1. The van der Waals surface area contributed by atoms with Crippen molar-refractivity contribution in [2.75, 3.05) is 6.54 Å². The van der Waals surface area contributed by atoms with Crippen molar-refractivity contribution in [2.45, 2.75) is 27.3 Å². The molecule has 0 amide bonds. The number of aryl methyl sites for hydroxylation is 2. The van der Waals surface area contributed by atoms with Crippen molar-refractivity contribution in [3.63, 3.8) is 0 Å². The van der Waals surface area contributed by atoms with Gasteiger partial charge in [0.25, 0.3) is 0 Å². The molecule has 0 spiro atoms. The number of hydrogen-bond acceptors (Lipinski definition) is 2. The molecule has 0 unspecified atom stereocenters. The van der Waals surface area contributed by atoms with Crippen LogP contribution in [0.15, 0.2) is 6.07 Å². The topological polar surface area (TPSA) is 43.8 Å². The third-order valence-electron chi connectivity index (χ3n) is 1.99. The van der Waals surface area contributed by atoms with E-state index in [4.69, 9.17) is 5.73 Å². The summed E-state index contributed by atoms with van der Waals surface area (Å²) in [6.45, 7) is 7.87. The molecule has 0 radical (unpaired) electrons. The third kappa shape index (κ3) is 2.08. The van der Waals surface area contributed by atoms with E-state index < -0.39 is 0 Å². The smallest absolute Gasteiger partial charge is 0.0596 e. The van der Waals surface area contributed by atoms with E-state index in [1.807, 2.05) is 11.6 Å². The summed E-state index contributed by atoms with van der Waals surface area (Å²) in [4.78, 5) is 0. The van der Waals surface area contributed by atoms with Crippen molar-refractivity contribution < 1.29 is 0 Å². The Morgan fingerprint density at radius 1 is 1.58 bits per heavy atom. The van der Waals surface area contributed by atoms with Gasteiger partial charge in [-0.25, -0.2) is 0 Å². The van der Waals surface area contributed by atoms with Crippen LogP contribution < -0.4 is 5.73 Å². The zero-order valence-corrected chi connectivity index (χ0v) is 8.04. The quantitative estimate of drug-likeness (QED) is 0.732. The first kappa shape index (κ1) is 9.26. The van der Waals surface area contributed by atoms with Gasteiger partial charge in [-0.1, -0.05) is 6.92 Å². The summed E-state index contributed by atoms with van der Waals surface area (Å²) in [7, 11) is 0. The predicted molar refractivity (Wildman–Crippen MR) is 49.9 cm³/mol. The van der Waals surface area contributed by atoms with Crippen LogP contribution in [-0.4, -0.2) is 16.3 Å². The van der Waals surface area contributed by atoms with Crippen LogP contribution in [-0.2, 0) is 6.54 Å². The van der Waals surface area contributed by atoms with Crippen LogP contribution in [0.2, 0.25) is 0 Å². The summed E-state index contributed by atoms with van der Waals surface area (Å²) in [5.74, 6) is 0.503. The van der Waals surface area contributed by atoms with Crippen molar-refractivity contribution in [3.8, 4) is 0 Å². The molecule has 2 N–H and O–H groups in total. The molecule has 0 aliphatic heterocycles. The monoisotopic (exact) mass is 167 g/mol. The summed E-state index contributed by atoms with van der Waals surface area (Å²) in [5.41, 5.74) is 7.83. The molecule has 1 rings (SSSR count). The Balaban J connectivity index is 2.68. The van der Waals surface area contributed by atoms with Gasteiger partial charge in [0.05, 0.1) is 5.69 Å². The van der Waals surface area contributed by atoms with Crippen LogP contribution in [0, 0.1) is 19.8 Å². The summed E-state index contributed by atoms with van der Waals surface area (Å²) in [6.07, 6.45) is 0. The molecule has 3 nitrogen and oxygen atoms in total. The highest BCUT2D eigenvalue weighted by atomic mass is 15.3. The second kappa shape index (κ2) is 3.72. The fraction of sp³-hybridized carbons (Fsp3) is 0.667. The lowest BCUT2D eigenvalue weighted by molar-refractivity contribution is 0.450. The molecule has 12 heavy (non-hydrogen) atoms. The van der Waals surface area contributed by atoms with Gasteiger partial charge in [-0.05, 0) is 32.4 Å². The lowest BCUT2D eigenvalue weighted by Gasteiger charge is -2.09. The van der Waals surface area contributed by atoms with Crippen LogP contribution in [0.25, 0.3) is 0 Å². The molecular formula is C9H17N3. The summed E-state index contributed by atoms with van der Waals surface area (Å²) in [6, 6.07) is 2.09. The van der Waals surface area contributed by atoms with E-state index in [2.05, 4.69) is 25.0 Å². The Kier molecular flexibility index (Phi) is 2.87. The van der Waals surface area contributed by atoms with E-state index in [-0.39, 0.29) is 0 Å². The molecule has 1 heterocycles. The number of nitrogens with two attached hydrogens (primary N) is 1. The normalized spacial score (nSPS) is 13.3. The van der Waals surface area contributed by atoms with E-state index in [1.165, 1.54) is 5.69 Å². The molecule has 68 valence electrons. The van der Waals surface area contributed by atoms with E-state index in [9.17, 15) is 0 Å². The zero-order valence-electron chi connectivity index (χ0n) is 8.04. The van der Waals surface area contributed by atoms with Gasteiger partial charge in [-0.3, -0.25) is 4.68 Å². The van der Waals surface area contributed by atoms with Crippen LogP contribution in [0.5, 0.6) is 0 Å². The number of rotatable bonds is 3. The van der Waals surface area contributed by atoms with Gasteiger partial charge < -0.3 is 5.73 Å². The van der Waals surface area contributed by atoms with Gasteiger partial charge in [0.2, 0.25) is 0 Å². The molecule has 0 bridgehead atoms. The minimum Gasteiger partial charge on any atom is -0.330 e. The second-order valence-electron chi connectivity index (χ2n) is 3.45. The first-order valence-electron chi connectivity index (χ1n) is 4.34. The average Bonchev–Trinajstić information content (AvgIpc) is 2.30.